The van der Waals surface area contributed by atoms with Gasteiger partial charge in [-0.15, -0.1) is 0 Å². The SMILES string of the molecule is CC1(CNC(=O)N2CC(C(=O)O)C2)CCCC1. The summed E-state index contributed by atoms with van der Waals surface area (Å²) in [4.78, 5) is 23.9. The number of nitrogens with zero attached hydrogens (tertiary/aromatic N) is 1. The van der Waals surface area contributed by atoms with Crippen molar-refractivity contribution in [2.45, 2.75) is 32.6 Å². The second kappa shape index (κ2) is 4.55. The van der Waals surface area contributed by atoms with E-state index in [0.29, 0.717) is 19.6 Å². The minimum absolute atomic E-state index is 0.115. The van der Waals surface area contributed by atoms with Crippen molar-refractivity contribution < 1.29 is 14.7 Å². The maximum atomic E-state index is 11.7. The lowest BCUT2D eigenvalue weighted by Gasteiger charge is -2.37. The number of carboxylic acid groups (broad SMARTS) is 1. The minimum atomic E-state index is -0.809. The van der Waals surface area contributed by atoms with Gasteiger partial charge in [-0.2, -0.15) is 0 Å². The molecule has 2 rings (SSSR count). The van der Waals surface area contributed by atoms with Gasteiger partial charge in [0.2, 0.25) is 0 Å². The van der Waals surface area contributed by atoms with Gasteiger partial charge in [-0.25, -0.2) is 4.79 Å². The monoisotopic (exact) mass is 240 g/mol. The van der Waals surface area contributed by atoms with Gasteiger partial charge >= 0.3 is 12.0 Å². The Bertz CT molecular complexity index is 318. The number of rotatable bonds is 3. The summed E-state index contributed by atoms with van der Waals surface area (Å²) >= 11 is 0. The molecule has 1 saturated carbocycles. The van der Waals surface area contributed by atoms with E-state index >= 15 is 0 Å². The normalized spacial score (nSPS) is 23.2. The van der Waals surface area contributed by atoms with Crippen LogP contribution in [0.1, 0.15) is 32.6 Å². The number of aliphatic carboxylic acids is 1. The molecule has 0 bridgehead atoms. The lowest BCUT2D eigenvalue weighted by molar-refractivity contribution is -0.146. The summed E-state index contributed by atoms with van der Waals surface area (Å²) in [6, 6.07) is -0.115. The Kier molecular flexibility index (Phi) is 3.26. The summed E-state index contributed by atoms with van der Waals surface area (Å²) in [7, 11) is 0. The van der Waals surface area contributed by atoms with Gasteiger partial charge in [0.25, 0.3) is 0 Å². The van der Waals surface area contributed by atoms with Crippen LogP contribution in [0.3, 0.4) is 0 Å². The highest BCUT2D eigenvalue weighted by molar-refractivity contribution is 5.79. The minimum Gasteiger partial charge on any atom is -0.481 e. The van der Waals surface area contributed by atoms with E-state index in [1.54, 1.807) is 4.90 Å². The van der Waals surface area contributed by atoms with Crippen LogP contribution in [-0.2, 0) is 4.79 Å². The highest BCUT2D eigenvalue weighted by Crippen LogP contribution is 2.36. The standard InChI is InChI=1S/C12H20N2O3/c1-12(4-2-3-5-12)8-13-11(17)14-6-9(7-14)10(15)16/h9H,2-8H2,1H3,(H,13,17)(H,15,16). The molecule has 0 aromatic rings. The van der Waals surface area contributed by atoms with E-state index in [1.165, 1.54) is 25.7 Å². The maximum absolute atomic E-state index is 11.7. The maximum Gasteiger partial charge on any atom is 0.317 e. The fourth-order valence-corrected chi connectivity index (χ4v) is 2.61. The number of hydrogen-bond acceptors (Lipinski definition) is 2. The summed E-state index contributed by atoms with van der Waals surface area (Å²) in [6.45, 7) is 3.60. The molecule has 0 aromatic carbocycles. The Morgan fingerprint density at radius 2 is 1.94 bits per heavy atom. The molecule has 2 fully saturated rings. The number of hydrogen-bond donors (Lipinski definition) is 2. The molecule has 1 heterocycles. The summed E-state index contributed by atoms with van der Waals surface area (Å²) in [5, 5.41) is 11.6. The number of nitrogens with one attached hydrogen (secondary N) is 1. The van der Waals surface area contributed by atoms with Gasteiger partial charge < -0.3 is 15.3 Å². The quantitative estimate of drug-likeness (QED) is 0.781. The van der Waals surface area contributed by atoms with Gasteiger partial charge in [-0.3, -0.25) is 4.79 Å². The van der Waals surface area contributed by atoms with Crippen molar-refractivity contribution in [3.05, 3.63) is 0 Å². The molecular weight excluding hydrogens is 220 g/mol. The van der Waals surface area contributed by atoms with E-state index in [4.69, 9.17) is 5.11 Å². The number of carbonyl (C=O) groups is 2. The van der Waals surface area contributed by atoms with Gasteiger partial charge in [0.05, 0.1) is 5.92 Å². The molecule has 0 aromatic heterocycles. The number of carboxylic acids is 1. The average molecular weight is 240 g/mol. The van der Waals surface area contributed by atoms with E-state index in [1.807, 2.05) is 0 Å². The predicted octanol–water partition coefficient (Wildman–Crippen LogP) is 1.29. The smallest absolute Gasteiger partial charge is 0.317 e. The Morgan fingerprint density at radius 3 is 2.47 bits per heavy atom. The Labute approximate surface area is 101 Å². The van der Waals surface area contributed by atoms with Crippen molar-refractivity contribution >= 4 is 12.0 Å². The van der Waals surface area contributed by atoms with Gasteiger partial charge in [0.15, 0.2) is 0 Å². The lowest BCUT2D eigenvalue weighted by Crippen LogP contribution is -2.57. The number of carbonyl (C=O) groups excluding carboxylic acids is 1. The molecule has 2 N–H and O–H groups in total. The Balaban J connectivity index is 1.70. The van der Waals surface area contributed by atoms with Crippen molar-refractivity contribution in [1.29, 1.82) is 0 Å². The molecule has 5 heteroatoms. The number of urea groups is 1. The van der Waals surface area contributed by atoms with Gasteiger partial charge in [-0.05, 0) is 18.3 Å². The van der Waals surface area contributed by atoms with Gasteiger partial charge in [0.1, 0.15) is 0 Å². The molecule has 1 aliphatic heterocycles. The van der Waals surface area contributed by atoms with Crippen molar-refractivity contribution in [3.8, 4) is 0 Å². The molecular formula is C12H20N2O3. The van der Waals surface area contributed by atoms with E-state index in [-0.39, 0.29) is 17.4 Å². The zero-order valence-electron chi connectivity index (χ0n) is 10.2. The first-order chi connectivity index (χ1) is 8.00. The fraction of sp³-hybridized carbons (Fsp3) is 0.833. The van der Waals surface area contributed by atoms with Crippen LogP contribution in [0.25, 0.3) is 0 Å². The second-order valence-corrected chi connectivity index (χ2v) is 5.62. The molecule has 0 atom stereocenters. The summed E-state index contributed by atoms with van der Waals surface area (Å²) in [5.41, 5.74) is 0.243. The molecule has 0 unspecified atom stereocenters. The third-order valence-corrected chi connectivity index (χ3v) is 4.00. The van der Waals surface area contributed by atoms with Crippen molar-refractivity contribution in [3.63, 3.8) is 0 Å². The first-order valence-corrected chi connectivity index (χ1v) is 6.26. The van der Waals surface area contributed by atoms with Crippen LogP contribution in [0.4, 0.5) is 4.79 Å². The largest absolute Gasteiger partial charge is 0.481 e. The highest BCUT2D eigenvalue weighted by Gasteiger charge is 2.36. The van der Waals surface area contributed by atoms with E-state index < -0.39 is 5.97 Å². The van der Waals surface area contributed by atoms with Gasteiger partial charge in [-0.1, -0.05) is 19.8 Å². The summed E-state index contributed by atoms with van der Waals surface area (Å²) in [6.07, 6.45) is 4.84. The second-order valence-electron chi connectivity index (χ2n) is 5.62. The van der Waals surface area contributed by atoms with Gasteiger partial charge in [0, 0.05) is 19.6 Å². The third-order valence-electron chi connectivity index (χ3n) is 4.00. The first kappa shape index (κ1) is 12.2. The van der Waals surface area contributed by atoms with E-state index in [0.717, 1.165) is 0 Å². The van der Waals surface area contributed by atoms with Crippen molar-refractivity contribution in [1.82, 2.24) is 10.2 Å². The van der Waals surface area contributed by atoms with E-state index in [9.17, 15) is 9.59 Å². The molecule has 0 radical (unpaired) electrons. The zero-order chi connectivity index (χ0) is 12.5. The van der Waals surface area contributed by atoms with E-state index in [2.05, 4.69) is 12.2 Å². The predicted molar refractivity (Wildman–Crippen MR) is 62.7 cm³/mol. The molecule has 2 aliphatic rings. The van der Waals surface area contributed by atoms with Crippen molar-refractivity contribution in [2.75, 3.05) is 19.6 Å². The molecule has 1 aliphatic carbocycles. The Hall–Kier alpha value is -1.26. The van der Waals surface area contributed by atoms with Crippen LogP contribution in [-0.4, -0.2) is 41.6 Å². The topological polar surface area (TPSA) is 69.6 Å². The van der Waals surface area contributed by atoms with Crippen LogP contribution < -0.4 is 5.32 Å². The van der Waals surface area contributed by atoms with Crippen LogP contribution in [0.2, 0.25) is 0 Å². The first-order valence-electron chi connectivity index (χ1n) is 6.26. The molecule has 0 spiro atoms. The fourth-order valence-electron chi connectivity index (χ4n) is 2.61. The average Bonchev–Trinajstić information content (AvgIpc) is 2.60. The van der Waals surface area contributed by atoms with Crippen LogP contribution in [0.5, 0.6) is 0 Å². The molecule has 1 saturated heterocycles. The molecule has 5 nitrogen and oxygen atoms in total. The summed E-state index contributed by atoms with van der Waals surface area (Å²) in [5.74, 6) is -1.18. The number of amides is 2. The molecule has 2 amide bonds. The van der Waals surface area contributed by atoms with Crippen LogP contribution in [0, 0.1) is 11.3 Å². The summed E-state index contributed by atoms with van der Waals surface area (Å²) < 4.78 is 0. The highest BCUT2D eigenvalue weighted by atomic mass is 16.4. The lowest BCUT2D eigenvalue weighted by atomic mass is 9.89. The number of likely N-dealkylation sites (tertiary alicyclic amines) is 1. The van der Waals surface area contributed by atoms with Crippen molar-refractivity contribution in [2.24, 2.45) is 11.3 Å². The third kappa shape index (κ3) is 2.70. The molecule has 17 heavy (non-hydrogen) atoms. The zero-order valence-corrected chi connectivity index (χ0v) is 10.2. The van der Waals surface area contributed by atoms with Crippen LogP contribution >= 0.6 is 0 Å². The molecule has 96 valence electrons. The van der Waals surface area contributed by atoms with Crippen LogP contribution in [0.15, 0.2) is 0 Å². The Morgan fingerprint density at radius 1 is 1.35 bits per heavy atom.